The summed E-state index contributed by atoms with van der Waals surface area (Å²) >= 11 is 0. The Balaban J connectivity index is 1.62. The van der Waals surface area contributed by atoms with Gasteiger partial charge in [-0.05, 0) is 57.9 Å². The van der Waals surface area contributed by atoms with Crippen molar-refractivity contribution in [3.05, 3.63) is 11.8 Å². The van der Waals surface area contributed by atoms with Crippen LogP contribution in [0.4, 0.5) is 0 Å². The Kier molecular flexibility index (Phi) is 4.41. The summed E-state index contributed by atoms with van der Waals surface area (Å²) in [7, 11) is 0. The number of carbonyl (C=O) groups excluding carboxylic acids is 1. The van der Waals surface area contributed by atoms with Crippen molar-refractivity contribution in [1.82, 2.24) is 9.80 Å². The second kappa shape index (κ2) is 6.27. The first-order valence-corrected chi connectivity index (χ1v) is 8.23. The fourth-order valence-electron chi connectivity index (χ4n) is 3.47. The van der Waals surface area contributed by atoms with Gasteiger partial charge in [-0.25, -0.2) is 0 Å². The summed E-state index contributed by atoms with van der Waals surface area (Å²) in [6.45, 7) is 2.46. The molecule has 1 amide bonds. The molecule has 0 spiro atoms. The van der Waals surface area contributed by atoms with Crippen molar-refractivity contribution in [2.45, 2.75) is 63.5 Å². The molecule has 0 aromatic heterocycles. The van der Waals surface area contributed by atoms with E-state index in [2.05, 4.69) is 15.9 Å². The zero-order valence-corrected chi connectivity index (χ0v) is 12.4. The molecule has 2 aliphatic carbocycles. The van der Waals surface area contributed by atoms with Crippen LogP contribution in [-0.2, 0) is 4.79 Å². The predicted octanol–water partition coefficient (Wildman–Crippen LogP) is 1.86. The summed E-state index contributed by atoms with van der Waals surface area (Å²) in [6, 6.07) is 0.741. The van der Waals surface area contributed by atoms with Crippen molar-refractivity contribution in [3.63, 3.8) is 0 Å². The molecule has 20 heavy (non-hydrogen) atoms. The van der Waals surface area contributed by atoms with Gasteiger partial charge in [0.05, 0.1) is 6.54 Å². The lowest BCUT2D eigenvalue weighted by molar-refractivity contribution is -0.131. The number of rotatable bonds is 4. The van der Waals surface area contributed by atoms with Crippen molar-refractivity contribution >= 4 is 5.91 Å². The smallest absolute Gasteiger partial charge is 0.241 e. The zero-order valence-electron chi connectivity index (χ0n) is 12.4. The largest absolute Gasteiger partial charge is 0.327 e. The molecule has 112 valence electrons. The Morgan fingerprint density at radius 3 is 2.80 bits per heavy atom. The van der Waals surface area contributed by atoms with Crippen LogP contribution in [0.25, 0.3) is 0 Å². The molecule has 0 bridgehead atoms. The van der Waals surface area contributed by atoms with Gasteiger partial charge in [-0.1, -0.05) is 6.08 Å². The van der Waals surface area contributed by atoms with Gasteiger partial charge >= 0.3 is 0 Å². The minimum Gasteiger partial charge on any atom is -0.327 e. The molecule has 3 aliphatic rings. The summed E-state index contributed by atoms with van der Waals surface area (Å²) in [5.41, 5.74) is 7.31. The summed E-state index contributed by atoms with van der Waals surface area (Å²) in [5.74, 6) is 0.301. The number of hydrogen-bond donors (Lipinski definition) is 1. The van der Waals surface area contributed by atoms with Gasteiger partial charge in [-0.3, -0.25) is 9.69 Å². The summed E-state index contributed by atoms with van der Waals surface area (Å²) in [6.07, 6.45) is 11.6. The van der Waals surface area contributed by atoms with Crippen molar-refractivity contribution in [2.24, 2.45) is 5.73 Å². The molecule has 3 rings (SSSR count). The van der Waals surface area contributed by atoms with E-state index in [4.69, 9.17) is 5.73 Å². The Morgan fingerprint density at radius 2 is 2.15 bits per heavy atom. The van der Waals surface area contributed by atoms with Gasteiger partial charge in [-0.15, -0.1) is 0 Å². The Bertz CT molecular complexity index is 389. The van der Waals surface area contributed by atoms with E-state index in [9.17, 15) is 4.79 Å². The van der Waals surface area contributed by atoms with Gasteiger partial charge < -0.3 is 10.6 Å². The van der Waals surface area contributed by atoms with Gasteiger partial charge in [0, 0.05) is 24.3 Å². The minimum atomic E-state index is 0.250. The van der Waals surface area contributed by atoms with Gasteiger partial charge in [0.2, 0.25) is 5.91 Å². The first kappa shape index (κ1) is 14.1. The highest BCUT2D eigenvalue weighted by atomic mass is 16.2. The van der Waals surface area contributed by atoms with E-state index in [1.54, 1.807) is 0 Å². The molecular weight excluding hydrogens is 250 g/mol. The number of nitrogens with zero attached hydrogens (tertiary/aromatic N) is 2. The molecule has 0 radical (unpaired) electrons. The lowest BCUT2D eigenvalue weighted by Crippen LogP contribution is -2.48. The predicted molar refractivity (Wildman–Crippen MR) is 80.1 cm³/mol. The summed E-state index contributed by atoms with van der Waals surface area (Å²) in [5, 5.41) is 0. The molecule has 0 aromatic carbocycles. The number of piperidine rings is 1. The van der Waals surface area contributed by atoms with E-state index in [0.717, 1.165) is 38.8 Å². The van der Waals surface area contributed by atoms with Gasteiger partial charge in [0.15, 0.2) is 0 Å². The van der Waals surface area contributed by atoms with E-state index in [1.165, 1.54) is 31.4 Å². The van der Waals surface area contributed by atoms with Gasteiger partial charge in [0.1, 0.15) is 0 Å². The van der Waals surface area contributed by atoms with Crippen molar-refractivity contribution in [1.29, 1.82) is 0 Å². The molecule has 0 aromatic rings. The molecule has 1 saturated heterocycles. The fourth-order valence-corrected chi connectivity index (χ4v) is 3.47. The molecular formula is C16H27N3O. The minimum absolute atomic E-state index is 0.250. The molecule has 1 heterocycles. The number of likely N-dealkylation sites (tertiary alicyclic amines) is 1. The molecule has 1 unspecified atom stereocenters. The highest BCUT2D eigenvalue weighted by Gasteiger charge is 2.35. The standard InChI is InChI=1S/C16H27N3O/c17-13-5-4-10-18(11-13)12-16(20)19(15-8-9-15)14-6-2-1-3-7-14/h6,13,15H,1-5,7-12,17H2. The third-order valence-corrected chi connectivity index (χ3v) is 4.66. The average Bonchev–Trinajstić information content (AvgIpc) is 3.25. The van der Waals surface area contributed by atoms with Gasteiger partial charge in [0.25, 0.3) is 0 Å². The first-order valence-electron chi connectivity index (χ1n) is 8.23. The zero-order chi connectivity index (χ0) is 13.9. The summed E-state index contributed by atoms with van der Waals surface area (Å²) in [4.78, 5) is 17.1. The second-order valence-corrected chi connectivity index (χ2v) is 6.57. The molecule has 4 nitrogen and oxygen atoms in total. The maximum absolute atomic E-state index is 12.7. The third kappa shape index (κ3) is 3.41. The normalized spacial score (nSPS) is 28.1. The number of nitrogens with two attached hydrogens (primary N) is 1. The Morgan fingerprint density at radius 1 is 1.30 bits per heavy atom. The molecule has 1 atom stereocenters. The third-order valence-electron chi connectivity index (χ3n) is 4.66. The monoisotopic (exact) mass is 277 g/mol. The van der Waals surface area contributed by atoms with Crippen LogP contribution in [0.5, 0.6) is 0 Å². The van der Waals surface area contributed by atoms with Crippen LogP contribution in [0.3, 0.4) is 0 Å². The van der Waals surface area contributed by atoms with E-state index >= 15 is 0 Å². The van der Waals surface area contributed by atoms with Crippen LogP contribution < -0.4 is 5.73 Å². The van der Waals surface area contributed by atoms with Crippen LogP contribution in [0.1, 0.15) is 51.4 Å². The van der Waals surface area contributed by atoms with E-state index in [1.807, 2.05) is 0 Å². The maximum atomic E-state index is 12.7. The quantitative estimate of drug-likeness (QED) is 0.853. The highest BCUT2D eigenvalue weighted by molar-refractivity contribution is 5.80. The van der Waals surface area contributed by atoms with E-state index < -0.39 is 0 Å². The Labute approximate surface area is 122 Å². The summed E-state index contributed by atoms with van der Waals surface area (Å²) < 4.78 is 0. The SMILES string of the molecule is NC1CCCN(CC(=O)N(C2=CCCCC2)C2CC2)C1. The van der Waals surface area contributed by atoms with E-state index in [-0.39, 0.29) is 6.04 Å². The second-order valence-electron chi connectivity index (χ2n) is 6.57. The maximum Gasteiger partial charge on any atom is 0.241 e. The number of allylic oxidation sites excluding steroid dienone is 2. The average molecular weight is 277 g/mol. The molecule has 1 aliphatic heterocycles. The van der Waals surface area contributed by atoms with E-state index in [0.29, 0.717) is 18.5 Å². The fraction of sp³-hybridized carbons (Fsp3) is 0.812. The van der Waals surface area contributed by atoms with Crippen molar-refractivity contribution < 1.29 is 4.79 Å². The number of amides is 1. The van der Waals surface area contributed by atoms with Crippen molar-refractivity contribution in [2.75, 3.05) is 19.6 Å². The van der Waals surface area contributed by atoms with Gasteiger partial charge in [-0.2, -0.15) is 0 Å². The molecule has 2 N–H and O–H groups in total. The van der Waals surface area contributed by atoms with Crippen LogP contribution >= 0.6 is 0 Å². The van der Waals surface area contributed by atoms with Crippen LogP contribution in [-0.4, -0.2) is 47.4 Å². The lowest BCUT2D eigenvalue weighted by Gasteiger charge is -2.33. The number of hydrogen-bond acceptors (Lipinski definition) is 3. The first-order chi connectivity index (χ1) is 9.74. The van der Waals surface area contributed by atoms with Crippen LogP contribution in [0, 0.1) is 0 Å². The lowest BCUT2D eigenvalue weighted by atomic mass is 10.0. The molecule has 4 heteroatoms. The van der Waals surface area contributed by atoms with Crippen LogP contribution in [0.15, 0.2) is 11.8 Å². The Hall–Kier alpha value is -0.870. The molecule has 2 fully saturated rings. The molecule has 1 saturated carbocycles. The highest BCUT2D eigenvalue weighted by Crippen LogP contribution is 2.33. The topological polar surface area (TPSA) is 49.6 Å². The van der Waals surface area contributed by atoms with Crippen molar-refractivity contribution in [3.8, 4) is 0 Å². The van der Waals surface area contributed by atoms with Crippen LogP contribution in [0.2, 0.25) is 0 Å². The number of carbonyl (C=O) groups is 1.